The van der Waals surface area contributed by atoms with Crippen molar-refractivity contribution in [2.24, 2.45) is 0 Å². The van der Waals surface area contributed by atoms with Gasteiger partial charge < -0.3 is 4.90 Å². The molecule has 2 aromatic rings. The molecule has 1 saturated heterocycles. The summed E-state index contributed by atoms with van der Waals surface area (Å²) in [7, 11) is 2.23. The molecule has 2 heteroatoms. The van der Waals surface area contributed by atoms with Gasteiger partial charge in [-0.1, -0.05) is 36.4 Å². The molecule has 0 N–H and O–H groups in total. The summed E-state index contributed by atoms with van der Waals surface area (Å²) in [4.78, 5) is 5.01. The minimum absolute atomic E-state index is 0.408. The second-order valence-electron chi connectivity index (χ2n) is 5.60. The van der Waals surface area contributed by atoms with Gasteiger partial charge in [0.05, 0.1) is 0 Å². The molecular weight excluding hydrogens is 232 g/mol. The quantitative estimate of drug-likeness (QED) is 0.707. The Kier molecular flexibility index (Phi) is 2.24. The third-order valence-corrected chi connectivity index (χ3v) is 4.49. The average molecular weight is 250 g/mol. The van der Waals surface area contributed by atoms with E-state index in [4.69, 9.17) is 0 Å². The highest BCUT2D eigenvalue weighted by atomic mass is 15.4. The molecule has 19 heavy (non-hydrogen) atoms. The molecule has 2 nitrogen and oxygen atoms in total. The van der Waals surface area contributed by atoms with Crippen molar-refractivity contribution in [1.29, 1.82) is 0 Å². The molecule has 1 atom stereocenters. The summed E-state index contributed by atoms with van der Waals surface area (Å²) >= 11 is 0. The molecule has 1 fully saturated rings. The highest BCUT2D eigenvalue weighted by Crippen LogP contribution is 2.48. The molecule has 2 heterocycles. The molecule has 2 aliphatic heterocycles. The maximum Gasteiger partial charge on any atom is 0.109 e. The number of aryl methyl sites for hydroxylation is 1. The monoisotopic (exact) mass is 250 g/mol. The van der Waals surface area contributed by atoms with Gasteiger partial charge in [0.2, 0.25) is 0 Å². The van der Waals surface area contributed by atoms with Crippen molar-refractivity contribution in [3.63, 3.8) is 0 Å². The standard InChI is InChI=1S/C17H18N2/c1-12-6-5-8-14-13-7-3-4-9-15(13)19-11-10-18(2)17(19)16(12)14/h3-9,17H,10-11H2,1-2H3. The molecule has 2 aliphatic rings. The molecule has 96 valence electrons. The lowest BCUT2D eigenvalue weighted by Crippen LogP contribution is -2.32. The van der Waals surface area contributed by atoms with Crippen molar-refractivity contribution >= 4 is 5.69 Å². The van der Waals surface area contributed by atoms with Crippen LogP contribution in [0.4, 0.5) is 5.69 Å². The van der Waals surface area contributed by atoms with Crippen molar-refractivity contribution in [3.8, 4) is 11.1 Å². The van der Waals surface area contributed by atoms with E-state index in [0.29, 0.717) is 6.17 Å². The van der Waals surface area contributed by atoms with Crippen LogP contribution in [0.5, 0.6) is 0 Å². The van der Waals surface area contributed by atoms with Crippen LogP contribution in [0.25, 0.3) is 11.1 Å². The number of nitrogens with zero attached hydrogens (tertiary/aromatic N) is 2. The first kappa shape index (κ1) is 11.1. The van der Waals surface area contributed by atoms with Crippen LogP contribution in [0.2, 0.25) is 0 Å². The first-order valence-electron chi connectivity index (χ1n) is 6.93. The zero-order valence-corrected chi connectivity index (χ0v) is 11.4. The SMILES string of the molecule is Cc1cccc2c1C1N(C)CCN1c1ccccc1-2. The smallest absolute Gasteiger partial charge is 0.109 e. The normalized spacial score (nSPS) is 20.9. The molecule has 1 unspecified atom stereocenters. The van der Waals surface area contributed by atoms with E-state index in [1.807, 2.05) is 0 Å². The molecule has 0 radical (unpaired) electrons. The maximum atomic E-state index is 2.55. The van der Waals surface area contributed by atoms with Gasteiger partial charge in [0.15, 0.2) is 0 Å². The number of likely N-dealkylation sites (N-methyl/N-ethyl adjacent to an activating group) is 1. The van der Waals surface area contributed by atoms with Crippen LogP contribution < -0.4 is 4.90 Å². The summed E-state index contributed by atoms with van der Waals surface area (Å²) in [5.41, 5.74) is 7.06. The van der Waals surface area contributed by atoms with E-state index < -0.39 is 0 Å². The van der Waals surface area contributed by atoms with Crippen LogP contribution in [0, 0.1) is 6.92 Å². The van der Waals surface area contributed by atoms with Crippen LogP contribution in [0.1, 0.15) is 17.3 Å². The van der Waals surface area contributed by atoms with Crippen molar-refractivity contribution in [1.82, 2.24) is 4.90 Å². The third kappa shape index (κ3) is 1.41. The van der Waals surface area contributed by atoms with Crippen molar-refractivity contribution in [2.75, 3.05) is 25.0 Å². The Bertz CT molecular complexity index is 647. The van der Waals surface area contributed by atoms with Gasteiger partial charge in [-0.15, -0.1) is 0 Å². The highest BCUT2D eigenvalue weighted by Gasteiger charge is 2.38. The van der Waals surface area contributed by atoms with E-state index in [9.17, 15) is 0 Å². The Morgan fingerprint density at radius 2 is 1.74 bits per heavy atom. The van der Waals surface area contributed by atoms with E-state index in [-0.39, 0.29) is 0 Å². The summed E-state index contributed by atoms with van der Waals surface area (Å²) in [6, 6.07) is 15.5. The van der Waals surface area contributed by atoms with Crippen LogP contribution in [-0.2, 0) is 0 Å². The van der Waals surface area contributed by atoms with Gasteiger partial charge in [-0.25, -0.2) is 0 Å². The maximum absolute atomic E-state index is 2.55. The number of rotatable bonds is 0. The van der Waals surface area contributed by atoms with Gasteiger partial charge in [0, 0.05) is 29.9 Å². The van der Waals surface area contributed by atoms with E-state index in [1.165, 1.54) is 27.9 Å². The second kappa shape index (κ2) is 3.84. The lowest BCUT2D eigenvalue weighted by Gasteiger charge is -2.38. The summed E-state index contributed by atoms with van der Waals surface area (Å²) in [5, 5.41) is 0. The Morgan fingerprint density at radius 1 is 0.947 bits per heavy atom. The van der Waals surface area contributed by atoms with E-state index in [1.54, 1.807) is 0 Å². The fraction of sp³-hybridized carbons (Fsp3) is 0.294. The summed E-state index contributed by atoms with van der Waals surface area (Å²) < 4.78 is 0. The molecule has 0 aromatic heterocycles. The molecular formula is C17H18N2. The average Bonchev–Trinajstić information content (AvgIpc) is 2.82. The van der Waals surface area contributed by atoms with Crippen LogP contribution in [0.15, 0.2) is 42.5 Å². The Labute approximate surface area is 114 Å². The Balaban J connectivity index is 2.06. The van der Waals surface area contributed by atoms with Crippen LogP contribution in [0.3, 0.4) is 0 Å². The number of para-hydroxylation sites is 1. The summed E-state index contributed by atoms with van der Waals surface area (Å²) in [5.74, 6) is 0. The molecule has 0 aliphatic carbocycles. The predicted molar refractivity (Wildman–Crippen MR) is 79.3 cm³/mol. The molecule has 0 spiro atoms. The largest absolute Gasteiger partial charge is 0.350 e. The van der Waals surface area contributed by atoms with Gasteiger partial charge in [-0.3, -0.25) is 4.90 Å². The van der Waals surface area contributed by atoms with E-state index >= 15 is 0 Å². The number of anilines is 1. The highest BCUT2D eigenvalue weighted by molar-refractivity contribution is 5.85. The first-order valence-corrected chi connectivity index (χ1v) is 6.93. The number of fused-ring (bicyclic) bond motifs is 6. The number of hydrogen-bond donors (Lipinski definition) is 0. The van der Waals surface area contributed by atoms with Gasteiger partial charge in [-0.05, 0) is 31.2 Å². The molecule has 0 bridgehead atoms. The van der Waals surface area contributed by atoms with Crippen LogP contribution >= 0.6 is 0 Å². The number of hydrogen-bond acceptors (Lipinski definition) is 2. The van der Waals surface area contributed by atoms with Gasteiger partial charge >= 0.3 is 0 Å². The predicted octanol–water partition coefficient (Wildman–Crippen LogP) is 3.43. The van der Waals surface area contributed by atoms with Gasteiger partial charge in [-0.2, -0.15) is 0 Å². The van der Waals surface area contributed by atoms with E-state index in [2.05, 4.69) is 66.2 Å². The fourth-order valence-electron chi connectivity index (χ4n) is 3.59. The Hall–Kier alpha value is -1.80. The minimum Gasteiger partial charge on any atom is -0.350 e. The lowest BCUT2D eigenvalue weighted by molar-refractivity contribution is 0.317. The summed E-state index contributed by atoms with van der Waals surface area (Å²) in [6.07, 6.45) is 0.408. The summed E-state index contributed by atoms with van der Waals surface area (Å²) in [6.45, 7) is 4.48. The Morgan fingerprint density at radius 3 is 2.63 bits per heavy atom. The molecule has 4 rings (SSSR count). The molecule has 0 saturated carbocycles. The van der Waals surface area contributed by atoms with Gasteiger partial charge in [0.25, 0.3) is 0 Å². The zero-order valence-electron chi connectivity index (χ0n) is 11.4. The molecule has 0 amide bonds. The molecule has 2 aromatic carbocycles. The topological polar surface area (TPSA) is 6.48 Å². The second-order valence-corrected chi connectivity index (χ2v) is 5.60. The minimum atomic E-state index is 0.408. The van der Waals surface area contributed by atoms with E-state index in [0.717, 1.165) is 13.1 Å². The van der Waals surface area contributed by atoms with Crippen molar-refractivity contribution < 1.29 is 0 Å². The van der Waals surface area contributed by atoms with Crippen LogP contribution in [-0.4, -0.2) is 25.0 Å². The number of benzene rings is 2. The lowest BCUT2D eigenvalue weighted by atomic mass is 9.89. The zero-order chi connectivity index (χ0) is 13.0. The first-order chi connectivity index (χ1) is 9.27. The van der Waals surface area contributed by atoms with Crippen molar-refractivity contribution in [3.05, 3.63) is 53.6 Å². The third-order valence-electron chi connectivity index (χ3n) is 4.49. The van der Waals surface area contributed by atoms with Crippen molar-refractivity contribution in [2.45, 2.75) is 13.1 Å². The fourth-order valence-corrected chi connectivity index (χ4v) is 3.59. The van der Waals surface area contributed by atoms with Gasteiger partial charge in [0.1, 0.15) is 6.17 Å².